The summed E-state index contributed by atoms with van der Waals surface area (Å²) in [5.41, 5.74) is -0.381. The Balaban J connectivity index is 1.82. The average molecular weight is 385 g/mol. The molecule has 2 aliphatic heterocycles. The van der Waals surface area contributed by atoms with E-state index < -0.39 is 22.8 Å². The van der Waals surface area contributed by atoms with Gasteiger partial charge in [-0.1, -0.05) is 0 Å². The second-order valence-electron chi connectivity index (χ2n) is 8.17. The molecule has 0 radical (unpaired) electrons. The van der Waals surface area contributed by atoms with Crippen LogP contribution in [0.5, 0.6) is 0 Å². The number of hydrogen-bond acceptors (Lipinski definition) is 5. The van der Waals surface area contributed by atoms with Crippen molar-refractivity contribution in [3.8, 4) is 0 Å². The third-order valence-corrected chi connectivity index (χ3v) is 6.25. The maximum absolute atomic E-state index is 15.3. The highest BCUT2D eigenvalue weighted by Gasteiger charge is 2.46. The summed E-state index contributed by atoms with van der Waals surface area (Å²) in [6.45, 7) is 3.68. The second-order valence-corrected chi connectivity index (χ2v) is 8.17. The van der Waals surface area contributed by atoms with Crippen LogP contribution in [0.4, 0.5) is 10.1 Å². The molecular formula is C20H20FN3O4. The van der Waals surface area contributed by atoms with Crippen molar-refractivity contribution in [2.45, 2.75) is 37.8 Å². The lowest BCUT2D eigenvalue weighted by Crippen LogP contribution is -2.53. The number of carbonyl (C=O) groups excluding carboxylic acids is 1. The fourth-order valence-electron chi connectivity index (χ4n) is 4.65. The molecule has 0 bridgehead atoms. The molecule has 1 aliphatic carbocycles. The Morgan fingerprint density at radius 3 is 2.79 bits per heavy atom. The smallest absolute Gasteiger partial charge is 0.341 e. The first kappa shape index (κ1) is 17.4. The summed E-state index contributed by atoms with van der Waals surface area (Å²) in [6, 6.07) is 0.795. The number of benzene rings is 1. The highest BCUT2D eigenvalue weighted by molar-refractivity contribution is 6.13. The Hall–Kier alpha value is -2.74. The largest absolute Gasteiger partial charge is 0.477 e. The van der Waals surface area contributed by atoms with Crippen LogP contribution < -0.4 is 15.6 Å². The van der Waals surface area contributed by atoms with E-state index in [9.17, 15) is 19.5 Å². The van der Waals surface area contributed by atoms with Crippen molar-refractivity contribution in [1.82, 2.24) is 9.88 Å². The minimum Gasteiger partial charge on any atom is -0.477 e. The van der Waals surface area contributed by atoms with E-state index in [1.165, 1.54) is 6.20 Å². The van der Waals surface area contributed by atoms with E-state index in [4.69, 9.17) is 0 Å². The number of halogens is 1. The minimum absolute atomic E-state index is 0.00972. The summed E-state index contributed by atoms with van der Waals surface area (Å²) in [6.07, 6.45) is 3.46. The summed E-state index contributed by atoms with van der Waals surface area (Å²) >= 11 is 0. The molecule has 1 aromatic heterocycles. The summed E-state index contributed by atoms with van der Waals surface area (Å²) in [5, 5.41) is 12.8. The van der Waals surface area contributed by atoms with Gasteiger partial charge in [-0.05, 0) is 25.8 Å². The number of anilines is 1. The Morgan fingerprint density at radius 1 is 1.36 bits per heavy atom. The lowest BCUT2D eigenvalue weighted by Gasteiger charge is -2.38. The topological polar surface area (TPSA) is 91.6 Å². The van der Waals surface area contributed by atoms with Crippen LogP contribution in [0.3, 0.4) is 0 Å². The molecule has 1 aromatic carbocycles. The molecule has 1 spiro atoms. The Morgan fingerprint density at radius 2 is 2.11 bits per heavy atom. The Labute approximate surface area is 159 Å². The van der Waals surface area contributed by atoms with Crippen LogP contribution in [-0.2, 0) is 0 Å². The second kappa shape index (κ2) is 5.64. The maximum Gasteiger partial charge on any atom is 0.341 e. The van der Waals surface area contributed by atoms with E-state index in [1.807, 2.05) is 4.90 Å². The van der Waals surface area contributed by atoms with Gasteiger partial charge in [-0.25, -0.2) is 9.18 Å². The van der Waals surface area contributed by atoms with Crippen molar-refractivity contribution in [2.24, 2.45) is 0 Å². The number of Topliss-reactive ketones (excluding diaryl/α,β-unsaturated/α-hetero) is 1. The summed E-state index contributed by atoms with van der Waals surface area (Å²) in [4.78, 5) is 39.0. The van der Waals surface area contributed by atoms with Crippen LogP contribution in [0.15, 0.2) is 17.1 Å². The van der Waals surface area contributed by atoms with Crippen LogP contribution in [0.2, 0.25) is 0 Å². The van der Waals surface area contributed by atoms with Gasteiger partial charge in [-0.15, -0.1) is 0 Å². The Kier molecular flexibility index (Phi) is 3.49. The quantitative estimate of drug-likeness (QED) is 0.821. The van der Waals surface area contributed by atoms with Crippen molar-refractivity contribution in [2.75, 3.05) is 24.5 Å². The van der Waals surface area contributed by atoms with E-state index in [2.05, 4.69) is 5.32 Å². The van der Waals surface area contributed by atoms with E-state index in [1.54, 1.807) is 11.5 Å². The molecule has 8 heteroatoms. The van der Waals surface area contributed by atoms with E-state index in [0.29, 0.717) is 25.2 Å². The van der Waals surface area contributed by atoms with Gasteiger partial charge in [0.1, 0.15) is 11.4 Å². The number of carbonyl (C=O) groups is 2. The Bertz CT molecular complexity index is 1120. The summed E-state index contributed by atoms with van der Waals surface area (Å²) in [7, 11) is 0. The van der Waals surface area contributed by atoms with Gasteiger partial charge in [0, 0.05) is 43.8 Å². The first-order valence-electron chi connectivity index (χ1n) is 9.49. The van der Waals surface area contributed by atoms with Crippen LogP contribution >= 0.6 is 0 Å². The molecule has 5 rings (SSSR count). The number of hydrogen-bond donors (Lipinski definition) is 2. The minimum atomic E-state index is -1.36. The normalized spacial score (nSPS) is 22.7. The fraction of sp³-hybridized carbons (Fsp3) is 0.450. The summed E-state index contributed by atoms with van der Waals surface area (Å²) < 4.78 is 16.9. The number of nitrogens with zero attached hydrogens (tertiary/aromatic N) is 2. The average Bonchev–Trinajstić information content (AvgIpc) is 3.38. The zero-order valence-corrected chi connectivity index (χ0v) is 15.4. The number of aromatic nitrogens is 1. The lowest BCUT2D eigenvalue weighted by atomic mass is 9.92. The highest BCUT2D eigenvalue weighted by Crippen LogP contribution is 2.42. The van der Waals surface area contributed by atoms with Crippen molar-refractivity contribution >= 4 is 28.3 Å². The molecule has 146 valence electrons. The molecule has 1 atom stereocenters. The lowest BCUT2D eigenvalue weighted by molar-refractivity contribution is 0.0694. The first-order chi connectivity index (χ1) is 13.3. The molecule has 2 N–H and O–H groups in total. The van der Waals surface area contributed by atoms with Gasteiger partial charge in [0.25, 0.3) is 0 Å². The van der Waals surface area contributed by atoms with E-state index >= 15 is 4.39 Å². The van der Waals surface area contributed by atoms with Crippen molar-refractivity contribution < 1.29 is 19.1 Å². The van der Waals surface area contributed by atoms with Gasteiger partial charge in [-0.3, -0.25) is 9.59 Å². The maximum atomic E-state index is 15.3. The van der Waals surface area contributed by atoms with E-state index in [-0.39, 0.29) is 40.4 Å². The van der Waals surface area contributed by atoms with Crippen LogP contribution in [0.25, 0.3) is 10.9 Å². The van der Waals surface area contributed by atoms with Gasteiger partial charge >= 0.3 is 5.97 Å². The molecule has 3 heterocycles. The zero-order chi connectivity index (χ0) is 19.8. The van der Waals surface area contributed by atoms with Crippen LogP contribution in [0.1, 0.15) is 52.9 Å². The fourth-order valence-corrected chi connectivity index (χ4v) is 4.65. The molecule has 28 heavy (non-hydrogen) atoms. The molecular weight excluding hydrogens is 365 g/mol. The third kappa shape index (κ3) is 2.33. The molecule has 1 saturated carbocycles. The van der Waals surface area contributed by atoms with Gasteiger partial charge in [0.05, 0.1) is 22.2 Å². The third-order valence-electron chi connectivity index (χ3n) is 6.25. The predicted molar refractivity (Wildman–Crippen MR) is 101 cm³/mol. The zero-order valence-electron chi connectivity index (χ0n) is 15.4. The number of rotatable bonds is 2. The first-order valence-corrected chi connectivity index (χ1v) is 9.49. The molecule has 0 amide bonds. The van der Waals surface area contributed by atoms with Gasteiger partial charge < -0.3 is 19.9 Å². The van der Waals surface area contributed by atoms with Crippen LogP contribution in [0, 0.1) is 5.82 Å². The molecule has 2 aromatic rings. The molecule has 7 nitrogen and oxygen atoms in total. The molecule has 3 aliphatic rings. The van der Waals surface area contributed by atoms with Crippen molar-refractivity contribution in [1.29, 1.82) is 0 Å². The monoisotopic (exact) mass is 385 g/mol. The van der Waals surface area contributed by atoms with Gasteiger partial charge in [0.2, 0.25) is 5.43 Å². The number of piperazine rings is 1. The summed E-state index contributed by atoms with van der Waals surface area (Å²) in [5.74, 6) is -2.21. The van der Waals surface area contributed by atoms with Crippen LogP contribution in [-0.4, -0.2) is 46.6 Å². The standard InChI is InChI=1S/C20H20FN3O4/c1-10-6-14(25)15-16-11(18(26)12(19(27)28)8-24(10)16)7-13(21)17(15)23-5-4-22-20(9-23)2-3-20/h7-8,10,22H,2-6,9H2,1H3,(H,27,28)/t10-/m0/s1. The predicted octanol–water partition coefficient (Wildman–Crippen LogP) is 1.93. The number of aromatic carboxylic acids is 1. The molecule has 0 unspecified atom stereocenters. The number of carboxylic acids is 1. The van der Waals surface area contributed by atoms with Crippen molar-refractivity contribution in [3.63, 3.8) is 0 Å². The SMILES string of the molecule is C[C@H]1CC(=O)c2c(N3CCNC4(CC4)C3)c(F)cc3c(=O)c(C(=O)O)cn1c23. The number of pyridine rings is 1. The van der Waals surface area contributed by atoms with Gasteiger partial charge in [-0.2, -0.15) is 0 Å². The number of nitrogens with one attached hydrogen (secondary N) is 1. The van der Waals surface area contributed by atoms with Gasteiger partial charge in [0.15, 0.2) is 5.78 Å². The number of ketones is 1. The van der Waals surface area contributed by atoms with E-state index in [0.717, 1.165) is 18.9 Å². The highest BCUT2D eigenvalue weighted by atomic mass is 19.1. The van der Waals surface area contributed by atoms with Crippen molar-refractivity contribution in [3.05, 3.63) is 39.4 Å². The molecule has 2 fully saturated rings. The molecule has 1 saturated heterocycles. The number of carboxylic acid groups (broad SMARTS) is 1.